The maximum atomic E-state index is 13.7. The first kappa shape index (κ1) is 21.6. The largest absolute Gasteiger partial charge is 0.366 e. The van der Waals surface area contributed by atoms with Crippen molar-refractivity contribution in [2.24, 2.45) is 7.05 Å². The van der Waals surface area contributed by atoms with Gasteiger partial charge < -0.3 is 15.5 Å². The molecule has 2 aromatic heterocycles. The first-order valence-corrected chi connectivity index (χ1v) is 12.8. The number of amides is 1. The number of nitrogens with zero attached hydrogens (tertiary/aromatic N) is 4. The number of hydrogen-bond acceptors (Lipinski definition) is 5. The SMILES string of the molecule is Cc1ccc(N2CC3CC2CN3)cc1C(=O)NC1(c2cc(-c3cnn(C)c3)nc3ccccc23)CC1. The van der Waals surface area contributed by atoms with Gasteiger partial charge in [-0.3, -0.25) is 9.48 Å². The zero-order valence-corrected chi connectivity index (χ0v) is 20.7. The minimum Gasteiger partial charge on any atom is -0.366 e. The molecule has 2 aliphatic heterocycles. The van der Waals surface area contributed by atoms with Crippen molar-refractivity contribution < 1.29 is 4.79 Å². The molecule has 2 unspecified atom stereocenters. The van der Waals surface area contributed by atoms with Crippen molar-refractivity contribution in [1.29, 1.82) is 0 Å². The molecule has 2 aromatic carbocycles. The predicted octanol–water partition coefficient (Wildman–Crippen LogP) is 3.91. The van der Waals surface area contributed by atoms with Crippen LogP contribution in [-0.2, 0) is 12.6 Å². The monoisotopic (exact) mass is 478 g/mol. The molecule has 0 spiro atoms. The predicted molar refractivity (Wildman–Crippen MR) is 141 cm³/mol. The molecule has 182 valence electrons. The van der Waals surface area contributed by atoms with Crippen molar-refractivity contribution in [2.45, 2.75) is 43.8 Å². The van der Waals surface area contributed by atoms with E-state index in [4.69, 9.17) is 4.98 Å². The van der Waals surface area contributed by atoms with Crippen molar-refractivity contribution in [2.75, 3.05) is 18.0 Å². The number of pyridine rings is 1. The molecule has 3 fully saturated rings. The topological polar surface area (TPSA) is 75.1 Å². The maximum absolute atomic E-state index is 13.7. The number of anilines is 1. The van der Waals surface area contributed by atoms with E-state index < -0.39 is 0 Å². The average Bonchev–Trinajstić information content (AvgIpc) is 3.21. The van der Waals surface area contributed by atoms with Crippen LogP contribution in [0.5, 0.6) is 0 Å². The molecule has 2 atom stereocenters. The molecule has 4 aromatic rings. The number of para-hydroxylation sites is 1. The fourth-order valence-electron chi connectivity index (χ4n) is 6.05. The lowest BCUT2D eigenvalue weighted by molar-refractivity contribution is 0.0930. The molecule has 4 heterocycles. The molecule has 7 nitrogen and oxygen atoms in total. The molecule has 7 heteroatoms. The van der Waals surface area contributed by atoms with Crippen LogP contribution in [0.2, 0.25) is 0 Å². The summed E-state index contributed by atoms with van der Waals surface area (Å²) >= 11 is 0. The number of nitrogens with one attached hydrogen (secondary N) is 2. The van der Waals surface area contributed by atoms with Crippen LogP contribution < -0.4 is 15.5 Å². The molecule has 3 aliphatic rings. The normalized spacial score (nSPS) is 21.8. The summed E-state index contributed by atoms with van der Waals surface area (Å²) in [5.74, 6) is -0.00171. The van der Waals surface area contributed by atoms with Crippen LogP contribution in [0, 0.1) is 6.92 Å². The highest BCUT2D eigenvalue weighted by molar-refractivity contribution is 5.98. The van der Waals surface area contributed by atoms with Crippen LogP contribution in [0.1, 0.15) is 40.7 Å². The third-order valence-corrected chi connectivity index (χ3v) is 8.19. The van der Waals surface area contributed by atoms with E-state index in [0.717, 1.165) is 70.5 Å². The van der Waals surface area contributed by atoms with E-state index >= 15 is 0 Å². The first-order chi connectivity index (χ1) is 17.5. The van der Waals surface area contributed by atoms with E-state index in [1.54, 1.807) is 4.68 Å². The summed E-state index contributed by atoms with van der Waals surface area (Å²) in [6.07, 6.45) is 6.84. The Labute approximate surface area is 210 Å². The van der Waals surface area contributed by atoms with E-state index in [-0.39, 0.29) is 11.4 Å². The van der Waals surface area contributed by atoms with Crippen LogP contribution in [0.15, 0.2) is 60.9 Å². The highest BCUT2D eigenvalue weighted by Gasteiger charge is 2.47. The number of rotatable bonds is 5. The molecule has 2 N–H and O–H groups in total. The lowest BCUT2D eigenvalue weighted by Gasteiger charge is -2.30. The Morgan fingerprint density at radius 1 is 1.17 bits per heavy atom. The van der Waals surface area contributed by atoms with Gasteiger partial charge in [0.1, 0.15) is 0 Å². The average molecular weight is 479 g/mol. The van der Waals surface area contributed by atoms with Crippen LogP contribution in [0.4, 0.5) is 5.69 Å². The van der Waals surface area contributed by atoms with Gasteiger partial charge in [-0.05, 0) is 61.6 Å². The summed E-state index contributed by atoms with van der Waals surface area (Å²) < 4.78 is 1.79. The van der Waals surface area contributed by atoms with Gasteiger partial charge >= 0.3 is 0 Å². The number of aryl methyl sites for hydroxylation is 2. The summed E-state index contributed by atoms with van der Waals surface area (Å²) in [5.41, 5.74) is 6.47. The fraction of sp³-hybridized carbons (Fsp3) is 0.345. The van der Waals surface area contributed by atoms with Gasteiger partial charge in [-0.1, -0.05) is 24.3 Å². The third kappa shape index (κ3) is 3.49. The molecule has 1 saturated carbocycles. The Kier molecular flexibility index (Phi) is 4.73. The molecular formula is C29H30N6O. The minimum atomic E-state index is -0.379. The van der Waals surface area contributed by atoms with Crippen LogP contribution >= 0.6 is 0 Å². The number of piperazine rings is 1. The second-order valence-corrected chi connectivity index (χ2v) is 10.7. The lowest BCUT2D eigenvalue weighted by atomic mass is 9.96. The second kappa shape index (κ2) is 7.90. The van der Waals surface area contributed by atoms with Gasteiger partial charge in [-0.2, -0.15) is 5.10 Å². The van der Waals surface area contributed by atoms with Crippen molar-refractivity contribution >= 4 is 22.5 Å². The van der Waals surface area contributed by atoms with Crippen LogP contribution in [0.3, 0.4) is 0 Å². The highest BCUT2D eigenvalue weighted by atomic mass is 16.1. The van der Waals surface area contributed by atoms with Gasteiger partial charge in [0, 0.05) is 60.6 Å². The third-order valence-electron chi connectivity index (χ3n) is 8.19. The summed E-state index contributed by atoms with van der Waals surface area (Å²) in [7, 11) is 1.91. The quantitative estimate of drug-likeness (QED) is 0.455. The Hall–Kier alpha value is -3.71. The van der Waals surface area contributed by atoms with Gasteiger partial charge in [-0.25, -0.2) is 4.98 Å². The van der Waals surface area contributed by atoms with Crippen molar-refractivity contribution in [3.8, 4) is 11.3 Å². The maximum Gasteiger partial charge on any atom is 0.252 e. The zero-order chi connectivity index (χ0) is 24.4. The van der Waals surface area contributed by atoms with Gasteiger partial charge in [0.15, 0.2) is 0 Å². The van der Waals surface area contributed by atoms with Crippen LogP contribution in [-0.4, -0.2) is 45.8 Å². The standard InChI is InChI=1S/C29H30N6O/c1-18-7-8-21(35-17-20-11-22(35)15-30-20)12-24(18)28(36)33-29(9-10-29)25-13-27(19-14-31-34(2)16-19)32-26-6-4-3-5-23(25)26/h3-8,12-14,16,20,22,30H,9-11,15,17H2,1-2H3,(H,33,36). The minimum absolute atomic E-state index is 0.00171. The van der Waals surface area contributed by atoms with Crippen molar-refractivity contribution in [3.05, 3.63) is 77.6 Å². The van der Waals surface area contributed by atoms with E-state index in [1.807, 2.05) is 44.6 Å². The summed E-state index contributed by atoms with van der Waals surface area (Å²) in [6.45, 7) is 4.06. The number of fused-ring (bicyclic) bond motifs is 3. The molecular weight excluding hydrogens is 448 g/mol. The zero-order valence-electron chi connectivity index (χ0n) is 20.7. The lowest BCUT2D eigenvalue weighted by Crippen LogP contribution is -2.43. The number of hydrogen-bond donors (Lipinski definition) is 2. The van der Waals surface area contributed by atoms with Crippen molar-refractivity contribution in [1.82, 2.24) is 25.4 Å². The molecule has 7 rings (SSSR count). The Morgan fingerprint density at radius 3 is 2.75 bits per heavy atom. The number of aromatic nitrogens is 3. The Balaban J connectivity index is 1.24. The second-order valence-electron chi connectivity index (χ2n) is 10.7. The Bertz CT molecular complexity index is 1500. The van der Waals surface area contributed by atoms with Gasteiger partial charge in [0.2, 0.25) is 0 Å². The molecule has 2 bridgehead atoms. The van der Waals surface area contributed by atoms with E-state index in [2.05, 4.69) is 51.0 Å². The first-order valence-electron chi connectivity index (χ1n) is 12.8. The molecule has 36 heavy (non-hydrogen) atoms. The van der Waals surface area contributed by atoms with Crippen LogP contribution in [0.25, 0.3) is 22.2 Å². The highest BCUT2D eigenvalue weighted by Crippen LogP contribution is 2.49. The van der Waals surface area contributed by atoms with Gasteiger partial charge in [0.25, 0.3) is 5.91 Å². The van der Waals surface area contributed by atoms with E-state index in [9.17, 15) is 4.79 Å². The summed E-state index contributed by atoms with van der Waals surface area (Å²) in [6, 6.07) is 17.8. The molecule has 1 amide bonds. The molecule has 0 radical (unpaired) electrons. The fourth-order valence-corrected chi connectivity index (χ4v) is 6.05. The van der Waals surface area contributed by atoms with Crippen molar-refractivity contribution in [3.63, 3.8) is 0 Å². The molecule has 1 aliphatic carbocycles. The van der Waals surface area contributed by atoms with E-state index in [1.165, 1.54) is 6.42 Å². The summed E-state index contributed by atoms with van der Waals surface area (Å²) in [5, 5.41) is 12.4. The number of benzene rings is 2. The summed E-state index contributed by atoms with van der Waals surface area (Å²) in [4.78, 5) is 21.1. The van der Waals surface area contributed by atoms with Gasteiger partial charge in [0.05, 0.1) is 22.9 Å². The van der Waals surface area contributed by atoms with E-state index in [0.29, 0.717) is 12.1 Å². The van der Waals surface area contributed by atoms with Gasteiger partial charge in [-0.15, -0.1) is 0 Å². The molecule has 2 saturated heterocycles. The Morgan fingerprint density at radius 2 is 2.03 bits per heavy atom. The number of carbonyl (C=O) groups excluding carboxylic acids is 1. The smallest absolute Gasteiger partial charge is 0.252 e. The number of carbonyl (C=O) groups is 1.